The summed E-state index contributed by atoms with van der Waals surface area (Å²) in [6, 6.07) is 5.46. The van der Waals surface area contributed by atoms with Crippen LogP contribution in [0.15, 0.2) is 24.3 Å². The Labute approximate surface area is 104 Å². The predicted molar refractivity (Wildman–Crippen MR) is 62.1 cm³/mol. The molecule has 2 rings (SSSR count). The van der Waals surface area contributed by atoms with Crippen molar-refractivity contribution in [2.75, 3.05) is 0 Å². The van der Waals surface area contributed by atoms with Crippen LogP contribution in [0.5, 0.6) is 0 Å². The van der Waals surface area contributed by atoms with Crippen LogP contribution >= 0.6 is 11.6 Å². The van der Waals surface area contributed by atoms with Crippen molar-refractivity contribution in [1.29, 1.82) is 0 Å². The first-order valence-electron chi connectivity index (χ1n) is 5.75. The summed E-state index contributed by atoms with van der Waals surface area (Å²) >= 11 is 6.01. The molecule has 1 aliphatic carbocycles. The van der Waals surface area contributed by atoms with E-state index in [1.165, 1.54) is 0 Å². The average molecular weight is 263 g/mol. The highest BCUT2D eigenvalue weighted by atomic mass is 35.5. The van der Waals surface area contributed by atoms with Gasteiger partial charge in [0.1, 0.15) is 0 Å². The molecule has 1 aromatic rings. The number of rotatable bonds is 2. The monoisotopic (exact) mass is 262 g/mol. The van der Waals surface area contributed by atoms with Gasteiger partial charge in [-0.1, -0.05) is 12.1 Å². The largest absolute Gasteiger partial charge is 0.416 e. The fourth-order valence-corrected chi connectivity index (χ4v) is 2.74. The van der Waals surface area contributed by atoms with Crippen LogP contribution in [0.25, 0.3) is 0 Å². The molecule has 94 valence electrons. The maximum atomic E-state index is 12.4. The van der Waals surface area contributed by atoms with Gasteiger partial charge in [0.2, 0.25) is 0 Å². The molecule has 0 aromatic heterocycles. The summed E-state index contributed by atoms with van der Waals surface area (Å²) < 4.78 is 37.1. The molecule has 0 amide bonds. The van der Waals surface area contributed by atoms with Gasteiger partial charge in [-0.3, -0.25) is 0 Å². The molecule has 0 nitrogen and oxygen atoms in total. The van der Waals surface area contributed by atoms with Gasteiger partial charge >= 0.3 is 6.18 Å². The SMILES string of the molecule is FC(F)(F)c1ccc(CC2CCC(Cl)C2)cc1. The molecule has 17 heavy (non-hydrogen) atoms. The van der Waals surface area contributed by atoms with Crippen molar-refractivity contribution in [2.24, 2.45) is 5.92 Å². The first kappa shape index (κ1) is 12.7. The molecular formula is C13H14ClF3. The molecule has 1 aromatic carbocycles. The van der Waals surface area contributed by atoms with Crippen LogP contribution in [-0.4, -0.2) is 5.38 Å². The van der Waals surface area contributed by atoms with E-state index in [1.54, 1.807) is 12.1 Å². The molecule has 1 saturated carbocycles. The Hall–Kier alpha value is -0.700. The summed E-state index contributed by atoms with van der Waals surface area (Å²) in [6.45, 7) is 0. The van der Waals surface area contributed by atoms with Crippen LogP contribution < -0.4 is 0 Å². The number of benzene rings is 1. The van der Waals surface area contributed by atoms with Crippen LogP contribution in [0, 0.1) is 5.92 Å². The minimum absolute atomic E-state index is 0.245. The standard InChI is InChI=1S/C13H14ClF3/c14-12-6-3-10(8-12)7-9-1-4-11(5-2-9)13(15,16)17/h1-2,4-5,10,12H,3,6-8H2. The number of hydrogen-bond acceptors (Lipinski definition) is 0. The molecule has 0 bridgehead atoms. The Morgan fingerprint density at radius 2 is 1.76 bits per heavy atom. The summed E-state index contributed by atoms with van der Waals surface area (Å²) in [4.78, 5) is 0. The number of alkyl halides is 4. The first-order chi connectivity index (χ1) is 7.95. The molecule has 0 saturated heterocycles. The molecule has 0 radical (unpaired) electrons. The Kier molecular flexibility index (Phi) is 3.67. The van der Waals surface area contributed by atoms with E-state index in [1.807, 2.05) is 0 Å². The Morgan fingerprint density at radius 1 is 1.12 bits per heavy atom. The fraction of sp³-hybridized carbons (Fsp3) is 0.538. The van der Waals surface area contributed by atoms with Gasteiger partial charge in [0.15, 0.2) is 0 Å². The normalized spacial score (nSPS) is 25.2. The molecule has 4 heteroatoms. The van der Waals surface area contributed by atoms with E-state index in [-0.39, 0.29) is 5.38 Å². The highest BCUT2D eigenvalue weighted by molar-refractivity contribution is 6.20. The minimum Gasteiger partial charge on any atom is -0.166 e. The quantitative estimate of drug-likeness (QED) is 0.680. The van der Waals surface area contributed by atoms with Crippen molar-refractivity contribution >= 4 is 11.6 Å². The third-order valence-corrected chi connectivity index (χ3v) is 3.68. The summed E-state index contributed by atoms with van der Waals surface area (Å²) in [7, 11) is 0. The van der Waals surface area contributed by atoms with Gasteiger partial charge in [-0.2, -0.15) is 13.2 Å². The Bertz CT molecular complexity index is 369. The van der Waals surface area contributed by atoms with Gasteiger partial charge in [0.25, 0.3) is 0 Å². The molecule has 1 aliphatic rings. The smallest absolute Gasteiger partial charge is 0.166 e. The highest BCUT2D eigenvalue weighted by Crippen LogP contribution is 2.33. The zero-order valence-electron chi connectivity index (χ0n) is 9.30. The van der Waals surface area contributed by atoms with E-state index in [4.69, 9.17) is 11.6 Å². The summed E-state index contributed by atoms with van der Waals surface area (Å²) in [5, 5.41) is 0.245. The lowest BCUT2D eigenvalue weighted by molar-refractivity contribution is -0.137. The highest BCUT2D eigenvalue weighted by Gasteiger charge is 2.30. The average Bonchev–Trinajstić information content (AvgIpc) is 2.63. The second-order valence-electron chi connectivity index (χ2n) is 4.68. The molecule has 0 spiro atoms. The summed E-state index contributed by atoms with van der Waals surface area (Å²) in [5.74, 6) is 0.522. The molecular weight excluding hydrogens is 249 g/mol. The third-order valence-electron chi connectivity index (χ3n) is 3.28. The van der Waals surface area contributed by atoms with Gasteiger partial charge in [-0.15, -0.1) is 11.6 Å². The van der Waals surface area contributed by atoms with Crippen molar-refractivity contribution in [3.05, 3.63) is 35.4 Å². The van der Waals surface area contributed by atoms with Crippen molar-refractivity contribution < 1.29 is 13.2 Å². The second kappa shape index (κ2) is 4.89. The maximum absolute atomic E-state index is 12.4. The van der Waals surface area contributed by atoms with Crippen LogP contribution in [-0.2, 0) is 12.6 Å². The lowest BCUT2D eigenvalue weighted by atomic mass is 9.97. The van der Waals surface area contributed by atoms with E-state index in [2.05, 4.69) is 0 Å². The van der Waals surface area contributed by atoms with E-state index < -0.39 is 11.7 Å². The van der Waals surface area contributed by atoms with Gasteiger partial charge in [0, 0.05) is 5.38 Å². The fourth-order valence-electron chi connectivity index (χ4n) is 2.36. The van der Waals surface area contributed by atoms with E-state index in [0.29, 0.717) is 5.92 Å². The minimum atomic E-state index is -4.24. The number of hydrogen-bond donors (Lipinski definition) is 0. The molecule has 0 aliphatic heterocycles. The third kappa shape index (κ3) is 3.38. The van der Waals surface area contributed by atoms with Crippen molar-refractivity contribution in [1.82, 2.24) is 0 Å². The van der Waals surface area contributed by atoms with Crippen LogP contribution in [0.4, 0.5) is 13.2 Å². The van der Waals surface area contributed by atoms with Crippen molar-refractivity contribution in [3.63, 3.8) is 0 Å². The summed E-state index contributed by atoms with van der Waals surface area (Å²) in [5.41, 5.74) is 0.386. The van der Waals surface area contributed by atoms with Crippen LogP contribution in [0.3, 0.4) is 0 Å². The molecule has 0 N–H and O–H groups in total. The van der Waals surface area contributed by atoms with Crippen LogP contribution in [0.2, 0.25) is 0 Å². The van der Waals surface area contributed by atoms with E-state index in [0.717, 1.165) is 43.4 Å². The lowest BCUT2D eigenvalue weighted by Gasteiger charge is -2.11. The predicted octanol–water partition coefficient (Wildman–Crippen LogP) is 4.66. The first-order valence-corrected chi connectivity index (χ1v) is 6.19. The number of halogens is 4. The maximum Gasteiger partial charge on any atom is 0.416 e. The lowest BCUT2D eigenvalue weighted by Crippen LogP contribution is -2.05. The molecule has 2 unspecified atom stereocenters. The van der Waals surface area contributed by atoms with E-state index in [9.17, 15) is 13.2 Å². The van der Waals surface area contributed by atoms with Gasteiger partial charge in [-0.05, 0) is 49.3 Å². The molecule has 2 atom stereocenters. The van der Waals surface area contributed by atoms with Gasteiger partial charge < -0.3 is 0 Å². The van der Waals surface area contributed by atoms with Gasteiger partial charge in [-0.25, -0.2) is 0 Å². The molecule has 1 fully saturated rings. The second-order valence-corrected chi connectivity index (χ2v) is 5.29. The topological polar surface area (TPSA) is 0 Å². The zero-order chi connectivity index (χ0) is 12.5. The van der Waals surface area contributed by atoms with Crippen LogP contribution in [0.1, 0.15) is 30.4 Å². The molecule has 0 heterocycles. The van der Waals surface area contributed by atoms with E-state index >= 15 is 0 Å². The van der Waals surface area contributed by atoms with Crippen molar-refractivity contribution in [2.45, 2.75) is 37.2 Å². The van der Waals surface area contributed by atoms with Crippen molar-refractivity contribution in [3.8, 4) is 0 Å². The summed E-state index contributed by atoms with van der Waals surface area (Å²) in [6.07, 6.45) is -0.334. The van der Waals surface area contributed by atoms with Gasteiger partial charge in [0.05, 0.1) is 5.56 Å². The Balaban J connectivity index is 1.99. The Morgan fingerprint density at radius 3 is 2.24 bits per heavy atom. The zero-order valence-corrected chi connectivity index (χ0v) is 10.1.